The summed E-state index contributed by atoms with van der Waals surface area (Å²) in [6.45, 7) is 11.6. The molecule has 2 amide bonds. The van der Waals surface area contributed by atoms with Crippen LogP contribution in [0.4, 0.5) is 5.82 Å². The zero-order valence-electron chi connectivity index (χ0n) is 25.7. The minimum atomic E-state index is -3.29. The lowest BCUT2D eigenvalue weighted by Crippen LogP contribution is -2.54. The van der Waals surface area contributed by atoms with Gasteiger partial charge in [-0.15, -0.1) is 0 Å². The van der Waals surface area contributed by atoms with Crippen LogP contribution < -0.4 is 10.1 Å². The van der Waals surface area contributed by atoms with Gasteiger partial charge in [-0.05, 0) is 86.6 Å². The summed E-state index contributed by atoms with van der Waals surface area (Å²) in [5, 5.41) is 2.83. The summed E-state index contributed by atoms with van der Waals surface area (Å²) in [7, 11) is -3.29. The van der Waals surface area contributed by atoms with E-state index >= 15 is 0 Å². The molecule has 2 N–H and O–H groups in total. The fourth-order valence-corrected chi connectivity index (χ4v) is 6.42. The number of ether oxygens (including phenoxy) is 1. The minimum Gasteiger partial charge on any atom is -0.481 e. The first-order valence-corrected chi connectivity index (χ1v) is 16.8. The average Bonchev–Trinajstić information content (AvgIpc) is 3.83. The number of benzene rings is 1. The molecule has 0 radical (unpaired) electrons. The molecular weight excluding hydrogens is 576 g/mol. The Morgan fingerprint density at radius 2 is 1.95 bits per heavy atom. The highest BCUT2D eigenvalue weighted by Gasteiger charge is 2.31. The van der Waals surface area contributed by atoms with Crippen molar-refractivity contribution in [2.24, 2.45) is 0 Å². The van der Waals surface area contributed by atoms with Gasteiger partial charge in [0.15, 0.2) is 6.10 Å². The number of piperazine rings is 1. The monoisotopic (exact) mass is 616 g/mol. The number of carbonyl (C=O) groups is 2. The molecule has 1 saturated carbocycles. The largest absolute Gasteiger partial charge is 0.481 e. The molecule has 2 fully saturated rings. The van der Waals surface area contributed by atoms with Gasteiger partial charge in [-0.3, -0.25) is 19.5 Å². The Bertz CT molecular complexity index is 1670. The molecule has 232 valence electrons. The number of amides is 2. The van der Waals surface area contributed by atoms with Gasteiger partial charge in [0.1, 0.15) is 11.6 Å². The van der Waals surface area contributed by atoms with Gasteiger partial charge in [0.05, 0.1) is 20.3 Å². The first-order chi connectivity index (χ1) is 20.9. The van der Waals surface area contributed by atoms with Crippen LogP contribution in [0.3, 0.4) is 0 Å². The van der Waals surface area contributed by atoms with E-state index in [9.17, 15) is 13.8 Å². The third-order valence-corrected chi connectivity index (χ3v) is 9.41. The summed E-state index contributed by atoms with van der Waals surface area (Å²) in [5.41, 5.74) is 3.63. The maximum atomic E-state index is 13.3. The van der Waals surface area contributed by atoms with Gasteiger partial charge in [-0.2, -0.15) is 0 Å². The van der Waals surface area contributed by atoms with Crippen molar-refractivity contribution < 1.29 is 18.5 Å². The van der Waals surface area contributed by atoms with Crippen molar-refractivity contribution in [3.63, 3.8) is 0 Å². The molecular formula is C33H40N6O4S. The predicted molar refractivity (Wildman–Crippen MR) is 171 cm³/mol. The maximum Gasteiger partial charge on any atom is 0.257 e. The van der Waals surface area contributed by atoms with Gasteiger partial charge in [-0.1, -0.05) is 18.7 Å². The molecule has 11 heteroatoms. The summed E-state index contributed by atoms with van der Waals surface area (Å²) >= 11 is 0. The summed E-state index contributed by atoms with van der Waals surface area (Å²) in [4.78, 5) is 38.8. The van der Waals surface area contributed by atoms with Gasteiger partial charge in [0.2, 0.25) is 5.91 Å². The van der Waals surface area contributed by atoms with E-state index in [2.05, 4.69) is 27.8 Å². The standard InChI is InChI=1S/C33H40N6O4S/c1-6-31(40)39-15-14-38(19-23(39)4)20-29(27-12-11-25(18-36-27)24-9-10-24)43-28-16-22(3)26(17-30(28)44(5,34)42)33(41)37-32-21(2)8-7-13-35-32/h6-8,11-13,16-18,23-24,29,34H,1,9-10,14-15,19-20H2,2-5H3,(H,35,37,41)/t23-,29-,44-/m1/s1. The van der Waals surface area contributed by atoms with Crippen molar-refractivity contribution in [1.82, 2.24) is 19.8 Å². The lowest BCUT2D eigenvalue weighted by Gasteiger charge is -2.40. The zero-order chi connectivity index (χ0) is 31.6. The van der Waals surface area contributed by atoms with E-state index in [0.717, 1.165) is 11.3 Å². The van der Waals surface area contributed by atoms with Gasteiger partial charge in [-0.25, -0.2) is 14.0 Å². The Labute approximate surface area is 259 Å². The normalized spacial score (nSPS) is 19.1. The quantitative estimate of drug-likeness (QED) is 0.304. The summed E-state index contributed by atoms with van der Waals surface area (Å²) in [6.07, 6.45) is 7.96. The molecule has 2 aromatic heterocycles. The number of hydrogen-bond donors (Lipinski definition) is 2. The SMILES string of the molecule is C=CC(=O)N1CCN(C[C@@H](Oc2cc(C)c(C(=O)Nc3ncccc3C)cc2[S@](C)(=N)=O)c2ccc(C3CC3)cn2)C[C@H]1C. The van der Waals surface area contributed by atoms with Gasteiger partial charge >= 0.3 is 0 Å². The van der Waals surface area contributed by atoms with Crippen molar-refractivity contribution in [2.45, 2.75) is 56.6 Å². The van der Waals surface area contributed by atoms with Gasteiger partial charge < -0.3 is 15.0 Å². The fourth-order valence-electron chi connectivity index (χ4n) is 5.58. The van der Waals surface area contributed by atoms with Crippen LogP contribution in [0.25, 0.3) is 0 Å². The molecule has 3 aromatic rings. The fraction of sp³-hybridized carbons (Fsp3) is 0.394. The van der Waals surface area contributed by atoms with Crippen LogP contribution in [0, 0.1) is 18.6 Å². The van der Waals surface area contributed by atoms with Crippen molar-refractivity contribution in [3.8, 4) is 5.75 Å². The van der Waals surface area contributed by atoms with E-state index in [1.165, 1.54) is 36.8 Å². The van der Waals surface area contributed by atoms with Crippen molar-refractivity contribution in [1.29, 1.82) is 4.78 Å². The molecule has 1 aromatic carbocycles. The highest BCUT2D eigenvalue weighted by molar-refractivity contribution is 7.91. The number of hydrogen-bond acceptors (Lipinski definition) is 8. The van der Waals surface area contributed by atoms with E-state index in [4.69, 9.17) is 14.5 Å². The van der Waals surface area contributed by atoms with E-state index in [1.54, 1.807) is 25.3 Å². The lowest BCUT2D eigenvalue weighted by molar-refractivity contribution is -0.130. The summed E-state index contributed by atoms with van der Waals surface area (Å²) < 4.78 is 28.4. The topological polar surface area (TPSA) is 129 Å². The number of rotatable bonds is 10. The Morgan fingerprint density at radius 1 is 1.18 bits per heavy atom. The van der Waals surface area contributed by atoms with Crippen LogP contribution in [0.15, 0.2) is 66.3 Å². The molecule has 0 bridgehead atoms. The highest BCUT2D eigenvalue weighted by Crippen LogP contribution is 2.40. The average molecular weight is 617 g/mol. The van der Waals surface area contributed by atoms with E-state index in [-0.39, 0.29) is 22.6 Å². The number of nitrogens with zero attached hydrogens (tertiary/aromatic N) is 4. The third kappa shape index (κ3) is 7.16. The van der Waals surface area contributed by atoms with E-state index in [1.807, 2.05) is 37.1 Å². The molecule has 1 aliphatic heterocycles. The van der Waals surface area contributed by atoms with Crippen molar-refractivity contribution in [3.05, 3.63) is 89.4 Å². The molecule has 3 atom stereocenters. The molecule has 44 heavy (non-hydrogen) atoms. The van der Waals surface area contributed by atoms with Crippen LogP contribution in [0.5, 0.6) is 5.75 Å². The minimum absolute atomic E-state index is 0.0129. The summed E-state index contributed by atoms with van der Waals surface area (Å²) in [6, 6.07) is 10.9. The molecule has 1 saturated heterocycles. The second kappa shape index (κ2) is 12.9. The predicted octanol–water partition coefficient (Wildman–Crippen LogP) is 5.10. The zero-order valence-corrected chi connectivity index (χ0v) is 26.5. The number of carbonyl (C=O) groups excluding carboxylic acids is 2. The van der Waals surface area contributed by atoms with Crippen molar-refractivity contribution >= 4 is 27.4 Å². The molecule has 3 heterocycles. The Balaban J connectivity index is 1.45. The van der Waals surface area contributed by atoms with Crippen LogP contribution in [0.2, 0.25) is 0 Å². The number of anilines is 1. The second-order valence-electron chi connectivity index (χ2n) is 11.8. The molecule has 5 rings (SSSR count). The van der Waals surface area contributed by atoms with Crippen LogP contribution in [-0.4, -0.2) is 74.3 Å². The van der Waals surface area contributed by atoms with Crippen LogP contribution >= 0.6 is 0 Å². The maximum absolute atomic E-state index is 13.3. The van der Waals surface area contributed by atoms with E-state index in [0.29, 0.717) is 49.0 Å². The number of nitrogens with one attached hydrogen (secondary N) is 2. The Morgan fingerprint density at radius 3 is 2.57 bits per heavy atom. The molecule has 10 nitrogen and oxygen atoms in total. The molecule has 1 aliphatic carbocycles. The van der Waals surface area contributed by atoms with Crippen LogP contribution in [-0.2, 0) is 14.5 Å². The molecule has 0 spiro atoms. The molecule has 2 aliphatic rings. The van der Waals surface area contributed by atoms with E-state index < -0.39 is 21.7 Å². The third-order valence-electron chi connectivity index (χ3n) is 8.25. The smallest absolute Gasteiger partial charge is 0.257 e. The number of pyridine rings is 2. The van der Waals surface area contributed by atoms with Gasteiger partial charge in [0.25, 0.3) is 5.91 Å². The first-order valence-electron chi connectivity index (χ1n) is 14.8. The number of aromatic nitrogens is 2. The number of aryl methyl sites for hydroxylation is 2. The highest BCUT2D eigenvalue weighted by atomic mass is 32.2. The van der Waals surface area contributed by atoms with Crippen molar-refractivity contribution in [2.75, 3.05) is 37.8 Å². The first kappa shape index (κ1) is 31.3. The Hall–Kier alpha value is -4.09. The van der Waals surface area contributed by atoms with Gasteiger partial charge in [0, 0.05) is 56.4 Å². The lowest BCUT2D eigenvalue weighted by atomic mass is 10.1. The molecule has 0 unspecified atom stereocenters. The van der Waals surface area contributed by atoms with Crippen LogP contribution in [0.1, 0.15) is 64.5 Å². The Kier molecular flexibility index (Phi) is 9.17. The summed E-state index contributed by atoms with van der Waals surface area (Å²) in [5.74, 6) is 0.783. The second-order valence-corrected chi connectivity index (χ2v) is 13.9.